The number of halogens is 1. The van der Waals surface area contributed by atoms with Crippen molar-refractivity contribution in [2.45, 2.75) is 26.8 Å². The number of nitrogens with one attached hydrogen (secondary N) is 2. The van der Waals surface area contributed by atoms with Crippen molar-refractivity contribution in [3.8, 4) is 11.5 Å². The van der Waals surface area contributed by atoms with Gasteiger partial charge in [0.05, 0.1) is 20.8 Å². The lowest BCUT2D eigenvalue weighted by molar-refractivity contribution is 0.391. The van der Waals surface area contributed by atoms with Crippen molar-refractivity contribution in [2.75, 3.05) is 27.3 Å². The zero-order valence-corrected chi connectivity index (χ0v) is 15.6. The van der Waals surface area contributed by atoms with Crippen LogP contribution in [0.15, 0.2) is 23.2 Å². The van der Waals surface area contributed by atoms with Crippen molar-refractivity contribution < 1.29 is 9.47 Å². The first kappa shape index (κ1) is 19.8. The monoisotopic (exact) mass is 407 g/mol. The average Bonchev–Trinajstić information content (AvgIpc) is 2.49. The van der Waals surface area contributed by atoms with Gasteiger partial charge in [-0.3, -0.25) is 0 Å². The molecule has 21 heavy (non-hydrogen) atoms. The van der Waals surface area contributed by atoms with Crippen LogP contribution in [-0.2, 0) is 6.54 Å². The maximum Gasteiger partial charge on any atom is 0.191 e. The number of benzene rings is 1. The lowest BCUT2D eigenvalue weighted by Crippen LogP contribution is -2.37. The van der Waals surface area contributed by atoms with Gasteiger partial charge in [0.2, 0.25) is 0 Å². The molecule has 0 bridgehead atoms. The number of nitrogens with zero attached hydrogens (tertiary/aromatic N) is 1. The first-order valence-corrected chi connectivity index (χ1v) is 6.98. The highest BCUT2D eigenvalue weighted by atomic mass is 127. The van der Waals surface area contributed by atoms with E-state index in [1.165, 1.54) is 0 Å². The van der Waals surface area contributed by atoms with Crippen LogP contribution in [0.4, 0.5) is 0 Å². The largest absolute Gasteiger partial charge is 0.497 e. The van der Waals surface area contributed by atoms with Crippen LogP contribution in [0.3, 0.4) is 0 Å². The van der Waals surface area contributed by atoms with E-state index in [4.69, 9.17) is 9.47 Å². The Kier molecular flexibility index (Phi) is 10.8. The number of rotatable bonds is 7. The molecule has 0 amide bonds. The molecule has 0 saturated heterocycles. The van der Waals surface area contributed by atoms with Gasteiger partial charge in [0, 0.05) is 24.7 Å². The maximum absolute atomic E-state index is 5.37. The van der Waals surface area contributed by atoms with E-state index in [0.29, 0.717) is 6.54 Å². The Balaban J connectivity index is 0.00000400. The molecule has 0 saturated carbocycles. The molecular weight excluding hydrogens is 381 g/mol. The van der Waals surface area contributed by atoms with Gasteiger partial charge in [-0.2, -0.15) is 0 Å². The third-order valence-corrected chi connectivity index (χ3v) is 2.79. The van der Waals surface area contributed by atoms with Crippen LogP contribution in [0.5, 0.6) is 11.5 Å². The van der Waals surface area contributed by atoms with Crippen LogP contribution in [0.1, 0.15) is 25.8 Å². The molecule has 0 aromatic heterocycles. The first-order valence-electron chi connectivity index (χ1n) is 6.98. The Bertz CT molecular complexity index is 439. The van der Waals surface area contributed by atoms with E-state index in [1.54, 1.807) is 14.2 Å². The summed E-state index contributed by atoms with van der Waals surface area (Å²) in [5.74, 6) is 2.40. The molecule has 0 spiro atoms. The molecule has 0 aliphatic heterocycles. The number of hydrogen-bond donors (Lipinski definition) is 2. The van der Waals surface area contributed by atoms with Gasteiger partial charge in [-0.1, -0.05) is 6.92 Å². The zero-order valence-electron chi connectivity index (χ0n) is 13.2. The summed E-state index contributed by atoms with van der Waals surface area (Å²) in [5.41, 5.74) is 1.03. The van der Waals surface area contributed by atoms with Crippen LogP contribution in [-0.4, -0.2) is 33.3 Å². The first-order chi connectivity index (χ1) is 9.74. The van der Waals surface area contributed by atoms with E-state index < -0.39 is 0 Å². The quantitative estimate of drug-likeness (QED) is 0.415. The fourth-order valence-corrected chi connectivity index (χ4v) is 1.73. The van der Waals surface area contributed by atoms with E-state index in [2.05, 4.69) is 29.5 Å². The van der Waals surface area contributed by atoms with E-state index >= 15 is 0 Å². The molecule has 0 aliphatic carbocycles. The SMILES string of the molecule is CCCNC(=NCc1ccc(OC)cc1OC)NCC.I. The highest BCUT2D eigenvalue weighted by Gasteiger charge is 2.05. The third-order valence-electron chi connectivity index (χ3n) is 2.79. The van der Waals surface area contributed by atoms with Crippen LogP contribution >= 0.6 is 24.0 Å². The summed E-state index contributed by atoms with van der Waals surface area (Å²) in [7, 11) is 3.30. The molecule has 2 N–H and O–H groups in total. The Morgan fingerprint density at radius 1 is 1.14 bits per heavy atom. The van der Waals surface area contributed by atoms with Gasteiger partial charge in [-0.15, -0.1) is 24.0 Å². The van der Waals surface area contributed by atoms with Crippen molar-refractivity contribution in [1.82, 2.24) is 10.6 Å². The van der Waals surface area contributed by atoms with Gasteiger partial charge in [-0.25, -0.2) is 4.99 Å². The summed E-state index contributed by atoms with van der Waals surface area (Å²) in [6.45, 7) is 6.49. The van der Waals surface area contributed by atoms with Crippen molar-refractivity contribution >= 4 is 29.9 Å². The summed E-state index contributed by atoms with van der Waals surface area (Å²) in [5, 5.41) is 6.50. The average molecular weight is 407 g/mol. The van der Waals surface area contributed by atoms with E-state index in [0.717, 1.165) is 42.5 Å². The molecule has 0 radical (unpaired) electrons. The number of aliphatic imine (C=N–C) groups is 1. The summed E-state index contributed by atoms with van der Waals surface area (Å²) < 4.78 is 10.6. The Hall–Kier alpha value is -1.18. The fraction of sp³-hybridized carbons (Fsp3) is 0.533. The van der Waals surface area contributed by atoms with Crippen LogP contribution in [0, 0.1) is 0 Å². The van der Waals surface area contributed by atoms with Crippen molar-refractivity contribution in [3.63, 3.8) is 0 Å². The lowest BCUT2D eigenvalue weighted by Gasteiger charge is -2.12. The zero-order chi connectivity index (χ0) is 14.8. The minimum Gasteiger partial charge on any atom is -0.497 e. The van der Waals surface area contributed by atoms with Crippen molar-refractivity contribution in [3.05, 3.63) is 23.8 Å². The van der Waals surface area contributed by atoms with Gasteiger partial charge in [0.1, 0.15) is 11.5 Å². The highest BCUT2D eigenvalue weighted by molar-refractivity contribution is 14.0. The molecule has 0 atom stereocenters. The Labute approximate surface area is 144 Å². The van der Waals surface area contributed by atoms with E-state index in [-0.39, 0.29) is 24.0 Å². The topological polar surface area (TPSA) is 54.9 Å². The minimum atomic E-state index is 0. The highest BCUT2D eigenvalue weighted by Crippen LogP contribution is 2.24. The molecule has 5 nitrogen and oxygen atoms in total. The molecule has 1 rings (SSSR count). The van der Waals surface area contributed by atoms with Gasteiger partial charge in [0.15, 0.2) is 5.96 Å². The Morgan fingerprint density at radius 3 is 2.48 bits per heavy atom. The predicted octanol–water partition coefficient (Wildman–Crippen LogP) is 2.79. The second kappa shape index (κ2) is 11.5. The summed E-state index contributed by atoms with van der Waals surface area (Å²) in [4.78, 5) is 4.56. The maximum atomic E-state index is 5.37. The van der Waals surface area contributed by atoms with E-state index in [1.807, 2.05) is 18.2 Å². The van der Waals surface area contributed by atoms with Gasteiger partial charge in [-0.05, 0) is 25.5 Å². The summed E-state index contributed by atoms with van der Waals surface area (Å²) in [6.07, 6.45) is 1.07. The Morgan fingerprint density at radius 2 is 1.90 bits per heavy atom. The van der Waals surface area contributed by atoms with Crippen molar-refractivity contribution in [1.29, 1.82) is 0 Å². The smallest absolute Gasteiger partial charge is 0.191 e. The molecule has 0 heterocycles. The molecule has 0 fully saturated rings. The van der Waals surface area contributed by atoms with Crippen LogP contribution < -0.4 is 20.1 Å². The molecule has 0 unspecified atom stereocenters. The summed E-state index contributed by atoms with van der Waals surface area (Å²) in [6, 6.07) is 5.77. The van der Waals surface area contributed by atoms with Crippen LogP contribution in [0.25, 0.3) is 0 Å². The third kappa shape index (κ3) is 6.88. The molecule has 120 valence electrons. The fourth-order valence-electron chi connectivity index (χ4n) is 1.73. The second-order valence-corrected chi connectivity index (χ2v) is 4.30. The lowest BCUT2D eigenvalue weighted by atomic mass is 10.2. The van der Waals surface area contributed by atoms with Crippen molar-refractivity contribution in [2.24, 2.45) is 4.99 Å². The molecule has 1 aromatic carbocycles. The standard InChI is InChI=1S/C15H25N3O2.HI/c1-5-9-17-15(16-6-2)18-11-12-7-8-13(19-3)10-14(12)20-4;/h7-8,10H,5-6,9,11H2,1-4H3,(H2,16,17,18);1H. The summed E-state index contributed by atoms with van der Waals surface area (Å²) >= 11 is 0. The minimum absolute atomic E-state index is 0. The van der Waals surface area contributed by atoms with Gasteiger partial charge in [0.25, 0.3) is 0 Å². The molecule has 0 aliphatic rings. The normalized spacial score (nSPS) is 10.6. The van der Waals surface area contributed by atoms with Gasteiger partial charge < -0.3 is 20.1 Å². The second-order valence-electron chi connectivity index (χ2n) is 4.30. The van der Waals surface area contributed by atoms with E-state index in [9.17, 15) is 0 Å². The molecule has 1 aromatic rings. The van der Waals surface area contributed by atoms with Crippen LogP contribution in [0.2, 0.25) is 0 Å². The molecule has 6 heteroatoms. The number of guanidine groups is 1. The number of ether oxygens (including phenoxy) is 2. The molecular formula is C15H26IN3O2. The number of hydrogen-bond acceptors (Lipinski definition) is 3. The van der Waals surface area contributed by atoms with Gasteiger partial charge >= 0.3 is 0 Å². The predicted molar refractivity (Wildman–Crippen MR) is 98.1 cm³/mol. The number of methoxy groups -OCH3 is 2.